The van der Waals surface area contributed by atoms with E-state index in [1.54, 1.807) is 0 Å². The van der Waals surface area contributed by atoms with E-state index in [-0.39, 0.29) is 25.2 Å². The Morgan fingerprint density at radius 3 is 1.31 bits per heavy atom. The number of ether oxygens (including phenoxy) is 3. The summed E-state index contributed by atoms with van der Waals surface area (Å²) in [5, 5.41) is 0. The van der Waals surface area contributed by atoms with E-state index in [1.807, 2.05) is 0 Å². The zero-order valence-electron chi connectivity index (χ0n) is 38.3. The van der Waals surface area contributed by atoms with Crippen molar-refractivity contribution >= 4 is 11.9 Å². The van der Waals surface area contributed by atoms with Gasteiger partial charge in [-0.25, -0.2) is 0 Å². The summed E-state index contributed by atoms with van der Waals surface area (Å²) in [5.41, 5.74) is 0. The minimum atomic E-state index is -0.551. The molecule has 5 heteroatoms. The van der Waals surface area contributed by atoms with Gasteiger partial charge in [0.05, 0.1) is 6.61 Å². The molecule has 0 aliphatic carbocycles. The van der Waals surface area contributed by atoms with Crippen LogP contribution in [0, 0.1) is 0 Å². The van der Waals surface area contributed by atoms with Crippen LogP contribution < -0.4 is 0 Å². The van der Waals surface area contributed by atoms with Crippen LogP contribution >= 0.6 is 0 Å². The van der Waals surface area contributed by atoms with Gasteiger partial charge in [0, 0.05) is 19.4 Å². The molecule has 0 spiro atoms. The van der Waals surface area contributed by atoms with Crippen LogP contribution in [0.2, 0.25) is 0 Å². The number of esters is 2. The van der Waals surface area contributed by atoms with Gasteiger partial charge >= 0.3 is 11.9 Å². The molecular formula is C53H92O5. The molecule has 0 aromatic rings. The Hall–Kier alpha value is -2.66. The minimum Gasteiger partial charge on any atom is -0.462 e. The number of rotatable bonds is 44. The topological polar surface area (TPSA) is 61.8 Å². The number of carbonyl (C=O) groups is 2. The van der Waals surface area contributed by atoms with Gasteiger partial charge in [0.15, 0.2) is 6.10 Å². The molecule has 0 amide bonds. The second-order valence-electron chi connectivity index (χ2n) is 16.0. The first-order chi connectivity index (χ1) is 28.6. The maximum atomic E-state index is 12.7. The first kappa shape index (κ1) is 55.3. The highest BCUT2D eigenvalue weighted by Crippen LogP contribution is 2.14. The molecule has 1 atom stereocenters. The third-order valence-corrected chi connectivity index (χ3v) is 10.2. The maximum absolute atomic E-state index is 12.7. The standard InChI is InChI=1S/C53H92O5/c1-4-7-10-13-16-19-22-24-25-26-27-28-30-33-36-39-42-45-48-56-49-51(58-53(55)47-44-41-38-35-31-21-18-15-12-9-6-3)50-57-52(54)46-43-40-37-34-32-29-23-20-17-14-11-8-5-2/h7,10-11,14,16,19-20,23-25,27-28,51H,4-6,8-9,12-13,15,17-18,21-22,26,29-50H2,1-3H3/b10-7-,14-11-,19-16-,23-20-,25-24-,28-27-. The number of carbonyl (C=O) groups excluding carboxylic acids is 2. The summed E-state index contributed by atoms with van der Waals surface area (Å²) < 4.78 is 17.3. The normalized spacial score (nSPS) is 12.8. The van der Waals surface area contributed by atoms with Crippen molar-refractivity contribution in [1.82, 2.24) is 0 Å². The fourth-order valence-electron chi connectivity index (χ4n) is 6.60. The predicted octanol–water partition coefficient (Wildman–Crippen LogP) is 16.3. The lowest BCUT2D eigenvalue weighted by Crippen LogP contribution is -2.30. The molecule has 0 aromatic carbocycles. The quantitative estimate of drug-likeness (QED) is 0.0348. The van der Waals surface area contributed by atoms with Gasteiger partial charge in [-0.15, -0.1) is 0 Å². The van der Waals surface area contributed by atoms with Crippen molar-refractivity contribution in [2.45, 2.75) is 232 Å². The summed E-state index contributed by atoms with van der Waals surface area (Å²) >= 11 is 0. The van der Waals surface area contributed by atoms with Crippen molar-refractivity contribution in [1.29, 1.82) is 0 Å². The lowest BCUT2D eigenvalue weighted by molar-refractivity contribution is -0.163. The molecule has 1 unspecified atom stereocenters. The SMILES string of the molecule is CC/C=C\C/C=C\C/C=C\C/C=C\CCCCCCCOCC(COC(=O)CCCCCCC/C=C\C/C=C\CCC)OC(=O)CCCCCCCCCCCCC. The highest BCUT2D eigenvalue weighted by molar-refractivity contribution is 5.70. The lowest BCUT2D eigenvalue weighted by Gasteiger charge is -2.18. The third-order valence-electron chi connectivity index (χ3n) is 10.2. The smallest absolute Gasteiger partial charge is 0.306 e. The molecule has 0 fully saturated rings. The van der Waals surface area contributed by atoms with Gasteiger partial charge in [-0.05, 0) is 83.5 Å². The Labute approximate surface area is 359 Å². The van der Waals surface area contributed by atoms with Crippen molar-refractivity contribution in [3.8, 4) is 0 Å². The molecule has 0 heterocycles. The number of allylic oxidation sites excluding steroid dienone is 12. The first-order valence-corrected chi connectivity index (χ1v) is 24.5. The van der Waals surface area contributed by atoms with Crippen molar-refractivity contribution in [3.05, 3.63) is 72.9 Å². The Morgan fingerprint density at radius 2 is 0.810 bits per heavy atom. The van der Waals surface area contributed by atoms with E-state index < -0.39 is 6.10 Å². The summed E-state index contributed by atoms with van der Waals surface area (Å²) in [6, 6.07) is 0. The van der Waals surface area contributed by atoms with E-state index in [0.717, 1.165) is 89.9 Å². The van der Waals surface area contributed by atoms with Gasteiger partial charge in [-0.2, -0.15) is 0 Å². The summed E-state index contributed by atoms with van der Waals surface area (Å²) in [6.07, 6.45) is 61.9. The highest BCUT2D eigenvalue weighted by atomic mass is 16.6. The van der Waals surface area contributed by atoms with Gasteiger partial charge in [-0.3, -0.25) is 9.59 Å². The van der Waals surface area contributed by atoms with E-state index in [9.17, 15) is 9.59 Å². The van der Waals surface area contributed by atoms with Crippen molar-refractivity contribution in [2.24, 2.45) is 0 Å². The van der Waals surface area contributed by atoms with Crippen LogP contribution in [0.25, 0.3) is 0 Å². The summed E-state index contributed by atoms with van der Waals surface area (Å²) in [6.45, 7) is 7.60. The summed E-state index contributed by atoms with van der Waals surface area (Å²) in [7, 11) is 0. The molecule has 0 radical (unpaired) electrons. The molecule has 0 saturated heterocycles. The molecule has 0 rings (SSSR count). The Morgan fingerprint density at radius 1 is 0.397 bits per heavy atom. The van der Waals surface area contributed by atoms with E-state index in [2.05, 4.69) is 93.7 Å². The van der Waals surface area contributed by atoms with Crippen LogP contribution in [0.4, 0.5) is 0 Å². The average molecular weight is 809 g/mol. The monoisotopic (exact) mass is 809 g/mol. The van der Waals surface area contributed by atoms with Gasteiger partial charge in [0.2, 0.25) is 0 Å². The molecule has 0 aromatic heterocycles. The van der Waals surface area contributed by atoms with Crippen LogP contribution in [0.5, 0.6) is 0 Å². The van der Waals surface area contributed by atoms with Gasteiger partial charge in [-0.1, -0.05) is 203 Å². The molecule has 5 nitrogen and oxygen atoms in total. The summed E-state index contributed by atoms with van der Waals surface area (Å²) in [5.74, 6) is -0.424. The Balaban J connectivity index is 4.29. The first-order valence-electron chi connectivity index (χ1n) is 24.5. The Bertz CT molecular complexity index is 1050. The van der Waals surface area contributed by atoms with E-state index >= 15 is 0 Å². The fourth-order valence-corrected chi connectivity index (χ4v) is 6.60. The second-order valence-corrected chi connectivity index (χ2v) is 16.0. The molecule has 0 aliphatic heterocycles. The lowest BCUT2D eigenvalue weighted by atomic mass is 10.1. The third kappa shape index (κ3) is 46.0. The van der Waals surface area contributed by atoms with Gasteiger partial charge in [0.25, 0.3) is 0 Å². The zero-order chi connectivity index (χ0) is 42.1. The summed E-state index contributed by atoms with van der Waals surface area (Å²) in [4.78, 5) is 25.3. The molecule has 334 valence electrons. The molecule has 0 saturated carbocycles. The van der Waals surface area contributed by atoms with Gasteiger partial charge in [0.1, 0.15) is 6.61 Å². The molecule has 0 aliphatic rings. The number of hydrogen-bond acceptors (Lipinski definition) is 5. The molecular weight excluding hydrogens is 717 g/mol. The van der Waals surface area contributed by atoms with Crippen molar-refractivity contribution in [3.63, 3.8) is 0 Å². The number of hydrogen-bond donors (Lipinski definition) is 0. The minimum absolute atomic E-state index is 0.0695. The van der Waals surface area contributed by atoms with E-state index in [0.29, 0.717) is 19.4 Å². The van der Waals surface area contributed by atoms with Crippen LogP contribution in [0.3, 0.4) is 0 Å². The molecule has 58 heavy (non-hydrogen) atoms. The van der Waals surface area contributed by atoms with Gasteiger partial charge < -0.3 is 14.2 Å². The number of unbranched alkanes of at least 4 members (excludes halogenated alkanes) is 21. The Kier molecular flexibility index (Phi) is 46.5. The highest BCUT2D eigenvalue weighted by Gasteiger charge is 2.17. The van der Waals surface area contributed by atoms with E-state index in [4.69, 9.17) is 14.2 Å². The second kappa shape index (κ2) is 48.7. The van der Waals surface area contributed by atoms with Crippen LogP contribution in [-0.4, -0.2) is 37.9 Å². The predicted molar refractivity (Wildman–Crippen MR) is 251 cm³/mol. The van der Waals surface area contributed by atoms with Crippen LogP contribution in [-0.2, 0) is 23.8 Å². The average Bonchev–Trinajstić information content (AvgIpc) is 3.22. The molecule has 0 N–H and O–H groups in total. The maximum Gasteiger partial charge on any atom is 0.306 e. The fraction of sp³-hybridized carbons (Fsp3) is 0.736. The van der Waals surface area contributed by atoms with Crippen LogP contribution in [0.15, 0.2) is 72.9 Å². The van der Waals surface area contributed by atoms with Crippen molar-refractivity contribution in [2.75, 3.05) is 19.8 Å². The largest absolute Gasteiger partial charge is 0.462 e. The zero-order valence-corrected chi connectivity index (χ0v) is 38.3. The van der Waals surface area contributed by atoms with E-state index in [1.165, 1.54) is 103 Å². The van der Waals surface area contributed by atoms with Crippen LogP contribution in [0.1, 0.15) is 226 Å². The molecule has 0 bridgehead atoms. The van der Waals surface area contributed by atoms with Crippen molar-refractivity contribution < 1.29 is 23.8 Å².